The van der Waals surface area contributed by atoms with E-state index in [1.165, 1.54) is 37.4 Å². The van der Waals surface area contributed by atoms with E-state index in [-0.39, 0.29) is 57.9 Å². The van der Waals surface area contributed by atoms with E-state index in [4.69, 9.17) is 18.6 Å². The number of benzene rings is 2. The Bertz CT molecular complexity index is 1170. The summed E-state index contributed by atoms with van der Waals surface area (Å²) in [6.07, 6.45) is -7.65. The van der Waals surface area contributed by atoms with E-state index in [1.807, 2.05) is 0 Å². The fraction of sp³-hybridized carbons (Fsp3) is 0.318. The molecule has 1 fully saturated rings. The van der Waals surface area contributed by atoms with E-state index < -0.39 is 37.3 Å². The van der Waals surface area contributed by atoms with Gasteiger partial charge in [0.05, 0.1) is 25.3 Å². The molecule has 1 aliphatic rings. The molecule has 0 radical (unpaired) electrons. The fourth-order valence-corrected chi connectivity index (χ4v) is 3.58. The van der Waals surface area contributed by atoms with Gasteiger partial charge >= 0.3 is 11.3 Å². The molecule has 11 nitrogen and oxygen atoms in total. The van der Waals surface area contributed by atoms with Gasteiger partial charge in [0.15, 0.2) is 11.5 Å². The molecule has 34 heavy (non-hydrogen) atoms. The molecule has 1 saturated heterocycles. The highest BCUT2D eigenvalue weighted by atomic mass is 35.5. The lowest BCUT2D eigenvalue weighted by Gasteiger charge is -2.39. The van der Waals surface area contributed by atoms with Crippen LogP contribution >= 0.6 is 0 Å². The number of aliphatic hydroxyl groups is 4. The van der Waals surface area contributed by atoms with Gasteiger partial charge in [-0.2, -0.15) is 0 Å². The van der Waals surface area contributed by atoms with Crippen molar-refractivity contribution < 1.29 is 66.8 Å². The first-order chi connectivity index (χ1) is 15.7. The minimum Gasteiger partial charge on any atom is -1.00 e. The van der Waals surface area contributed by atoms with E-state index in [2.05, 4.69) is 0 Å². The number of halogens is 1. The SMILES string of the molecule is COc1cc(-c2[o+]c3cc(O)cc(O)c3cc2O[C@@H]2O[C@H](CO)[C@H](O)[C@H](O)[C@H]2O)ccc1O.[Cl-]. The van der Waals surface area contributed by atoms with Crippen molar-refractivity contribution in [3.63, 3.8) is 0 Å². The predicted octanol–water partition coefficient (Wildman–Crippen LogP) is -2.31. The smallest absolute Gasteiger partial charge is 0.402 e. The Balaban J connectivity index is 0.00000324. The van der Waals surface area contributed by atoms with Crippen LogP contribution in [0.1, 0.15) is 0 Å². The van der Waals surface area contributed by atoms with Gasteiger partial charge in [0.1, 0.15) is 41.3 Å². The summed E-state index contributed by atoms with van der Waals surface area (Å²) in [6.45, 7) is -0.644. The fourth-order valence-electron chi connectivity index (χ4n) is 3.58. The molecule has 0 saturated carbocycles. The predicted molar refractivity (Wildman–Crippen MR) is 112 cm³/mol. The minimum absolute atomic E-state index is 0. The third-order valence-electron chi connectivity index (χ3n) is 5.35. The van der Waals surface area contributed by atoms with Crippen LogP contribution in [0.3, 0.4) is 0 Å². The molecular formula is C22H23ClO11. The number of methoxy groups -OCH3 is 1. The Morgan fingerprint density at radius 1 is 0.912 bits per heavy atom. The van der Waals surface area contributed by atoms with Gasteiger partial charge in [-0.15, -0.1) is 0 Å². The molecule has 4 rings (SSSR count). The van der Waals surface area contributed by atoms with Crippen LogP contribution in [0.15, 0.2) is 40.8 Å². The van der Waals surface area contributed by atoms with Gasteiger partial charge in [0.2, 0.25) is 12.0 Å². The third-order valence-corrected chi connectivity index (χ3v) is 5.35. The van der Waals surface area contributed by atoms with Gasteiger partial charge in [0, 0.05) is 18.2 Å². The Morgan fingerprint density at radius 2 is 1.65 bits per heavy atom. The molecule has 3 aromatic rings. The number of phenols is 3. The first-order valence-corrected chi connectivity index (χ1v) is 9.91. The molecule has 0 aliphatic carbocycles. The first-order valence-electron chi connectivity index (χ1n) is 9.91. The molecule has 2 heterocycles. The summed E-state index contributed by atoms with van der Waals surface area (Å²) in [5.41, 5.74) is 0.449. The zero-order chi connectivity index (χ0) is 23.9. The van der Waals surface area contributed by atoms with Crippen LogP contribution in [0, 0.1) is 0 Å². The van der Waals surface area contributed by atoms with Crippen molar-refractivity contribution >= 4 is 11.0 Å². The topological polar surface area (TPSA) is 181 Å². The molecule has 0 bridgehead atoms. The zero-order valence-corrected chi connectivity index (χ0v) is 18.5. The molecule has 5 atom stereocenters. The monoisotopic (exact) mass is 498 g/mol. The maximum absolute atomic E-state index is 10.4. The average Bonchev–Trinajstić information content (AvgIpc) is 2.79. The second kappa shape index (κ2) is 10.1. The van der Waals surface area contributed by atoms with Crippen LogP contribution in [-0.2, 0) is 4.74 Å². The summed E-state index contributed by atoms with van der Waals surface area (Å²) in [7, 11) is 1.36. The van der Waals surface area contributed by atoms with Crippen LogP contribution in [0.25, 0.3) is 22.3 Å². The first kappa shape index (κ1) is 25.6. The summed E-state index contributed by atoms with van der Waals surface area (Å²) in [4.78, 5) is 0. The van der Waals surface area contributed by atoms with E-state index in [0.717, 1.165) is 6.07 Å². The van der Waals surface area contributed by atoms with Crippen LogP contribution in [0.2, 0.25) is 0 Å². The van der Waals surface area contributed by atoms with Crippen LogP contribution < -0.4 is 21.9 Å². The maximum atomic E-state index is 10.4. The van der Waals surface area contributed by atoms with Crippen molar-refractivity contribution in [2.75, 3.05) is 13.7 Å². The Morgan fingerprint density at radius 3 is 2.32 bits per heavy atom. The molecule has 0 amide bonds. The molecule has 1 aliphatic heterocycles. The molecule has 184 valence electrons. The van der Waals surface area contributed by atoms with Crippen LogP contribution in [-0.4, -0.2) is 80.2 Å². The Hall–Kier alpha value is -3.06. The van der Waals surface area contributed by atoms with Crippen molar-refractivity contribution in [2.24, 2.45) is 0 Å². The third kappa shape index (κ3) is 4.62. The highest BCUT2D eigenvalue weighted by Gasteiger charge is 2.45. The summed E-state index contributed by atoms with van der Waals surface area (Å²) in [6, 6.07) is 8.02. The molecule has 12 heteroatoms. The van der Waals surface area contributed by atoms with Crippen molar-refractivity contribution in [2.45, 2.75) is 30.7 Å². The maximum Gasteiger partial charge on any atom is 0.402 e. The van der Waals surface area contributed by atoms with Crippen LogP contribution in [0.5, 0.6) is 28.7 Å². The molecule has 1 aromatic heterocycles. The largest absolute Gasteiger partial charge is 1.00 e. The lowest BCUT2D eigenvalue weighted by Crippen LogP contribution is -3.00. The standard InChI is InChI=1S/C22H22O11.ClH/c1-30-15-4-9(2-3-12(15)25)21-16(7-11-13(26)5-10(24)6-14(11)31-21)32-22-20(29)19(28)18(27)17(8-23)33-22;/h2-7,17-20,22-23,27-29H,8H2,1H3,(H2-,24,25,26);1H/t17-,18+,19+,20-,22-;/m1./s1. The molecule has 7 N–H and O–H groups in total. The summed E-state index contributed by atoms with van der Waals surface area (Å²) >= 11 is 0. The van der Waals surface area contributed by atoms with E-state index >= 15 is 0 Å². The van der Waals surface area contributed by atoms with Crippen LogP contribution in [0.4, 0.5) is 0 Å². The van der Waals surface area contributed by atoms with Gasteiger partial charge < -0.3 is 62.4 Å². The number of ether oxygens (including phenoxy) is 3. The van der Waals surface area contributed by atoms with Gasteiger partial charge in [-0.25, -0.2) is 4.42 Å². The Kier molecular flexibility index (Phi) is 7.56. The summed E-state index contributed by atoms with van der Waals surface area (Å²) in [5.74, 6) is -0.583. The average molecular weight is 499 g/mol. The number of fused-ring (bicyclic) bond motifs is 1. The van der Waals surface area contributed by atoms with Crippen molar-refractivity contribution in [1.29, 1.82) is 0 Å². The van der Waals surface area contributed by atoms with Crippen molar-refractivity contribution in [3.8, 4) is 40.1 Å². The van der Waals surface area contributed by atoms with Gasteiger partial charge in [0.25, 0.3) is 0 Å². The second-order valence-corrected chi connectivity index (χ2v) is 7.52. The van der Waals surface area contributed by atoms with Gasteiger partial charge in [-0.1, -0.05) is 0 Å². The molecule has 0 unspecified atom stereocenters. The van der Waals surface area contributed by atoms with Crippen molar-refractivity contribution in [1.82, 2.24) is 0 Å². The lowest BCUT2D eigenvalue weighted by atomic mass is 9.99. The zero-order valence-electron chi connectivity index (χ0n) is 17.7. The van der Waals surface area contributed by atoms with E-state index in [0.29, 0.717) is 5.56 Å². The lowest BCUT2D eigenvalue weighted by molar-refractivity contribution is -0.277. The summed E-state index contributed by atoms with van der Waals surface area (Å²) in [5, 5.41) is 70.0. The minimum atomic E-state index is -1.69. The number of aliphatic hydroxyl groups excluding tert-OH is 4. The van der Waals surface area contributed by atoms with E-state index in [1.54, 1.807) is 0 Å². The van der Waals surface area contributed by atoms with Gasteiger partial charge in [-0.3, -0.25) is 0 Å². The summed E-state index contributed by atoms with van der Waals surface area (Å²) < 4.78 is 22.2. The van der Waals surface area contributed by atoms with Crippen molar-refractivity contribution in [3.05, 3.63) is 36.4 Å². The quantitative estimate of drug-likeness (QED) is 0.188. The Labute approximate surface area is 199 Å². The molecule has 0 spiro atoms. The van der Waals surface area contributed by atoms with E-state index in [9.17, 15) is 35.7 Å². The highest BCUT2D eigenvalue weighted by molar-refractivity contribution is 5.88. The normalized spacial score (nSPS) is 24.4. The van der Waals surface area contributed by atoms with Gasteiger partial charge in [-0.05, 0) is 12.1 Å². The second-order valence-electron chi connectivity index (χ2n) is 7.52. The highest BCUT2D eigenvalue weighted by Crippen LogP contribution is 2.42. The number of rotatable bonds is 5. The molecular weight excluding hydrogens is 476 g/mol. The number of hydrogen-bond acceptors (Lipinski definition) is 10. The molecule has 2 aromatic carbocycles. The number of phenolic OH excluding ortho intramolecular Hbond substituents is 3. The number of hydrogen-bond donors (Lipinski definition) is 7. The number of aromatic hydroxyl groups is 3.